The van der Waals surface area contributed by atoms with E-state index in [9.17, 15) is 0 Å². The summed E-state index contributed by atoms with van der Waals surface area (Å²) in [4.78, 5) is 10.5. The summed E-state index contributed by atoms with van der Waals surface area (Å²) in [5, 5.41) is 9.08. The van der Waals surface area contributed by atoms with Crippen molar-refractivity contribution in [3.8, 4) is 6.57 Å². The summed E-state index contributed by atoms with van der Waals surface area (Å²) < 4.78 is 0. The van der Waals surface area contributed by atoms with Gasteiger partial charge in [0.2, 0.25) is 5.84 Å². The number of benzene rings is 4. The van der Waals surface area contributed by atoms with E-state index in [1.807, 2.05) is 48.7 Å². The van der Waals surface area contributed by atoms with Crippen LogP contribution in [-0.2, 0) is 6.54 Å². The second-order valence-corrected chi connectivity index (χ2v) is 9.77. The number of aromatic nitrogens is 1. The maximum absolute atomic E-state index is 5.63. The average molecular weight is 537 g/mol. The molecule has 41 heavy (non-hydrogen) atoms. The van der Waals surface area contributed by atoms with Crippen LogP contribution in [0.15, 0.2) is 127 Å². The van der Waals surface area contributed by atoms with Crippen LogP contribution in [-0.4, -0.2) is 10.8 Å². The number of para-hydroxylation sites is 2. The summed E-state index contributed by atoms with van der Waals surface area (Å²) >= 11 is 0. The molecule has 0 amide bonds. The number of allylic oxidation sites excluding steroid dienone is 2. The van der Waals surface area contributed by atoms with Crippen molar-refractivity contribution in [3.05, 3.63) is 143 Å². The maximum atomic E-state index is 5.63. The van der Waals surface area contributed by atoms with Crippen molar-refractivity contribution in [1.82, 2.24) is 4.98 Å². The molecule has 0 saturated carbocycles. The van der Waals surface area contributed by atoms with Gasteiger partial charge in [-0.1, -0.05) is 98.3 Å². The molecule has 4 aromatic carbocycles. The number of anilines is 3. The van der Waals surface area contributed by atoms with Gasteiger partial charge in [-0.25, -0.2) is 0 Å². The highest BCUT2D eigenvalue weighted by atomic mass is 15.3. The van der Waals surface area contributed by atoms with Crippen molar-refractivity contribution in [2.75, 3.05) is 10.2 Å². The molecule has 5 aromatic rings. The Balaban J connectivity index is 1.49. The van der Waals surface area contributed by atoms with E-state index in [0.717, 1.165) is 51.9 Å². The first-order valence-corrected chi connectivity index (χ1v) is 14.0. The van der Waals surface area contributed by atoms with Gasteiger partial charge in [0.05, 0.1) is 11.2 Å². The third-order valence-corrected chi connectivity index (χ3v) is 7.06. The molecule has 0 unspecified atom stereocenters. The third kappa shape index (κ3) is 6.34. The van der Waals surface area contributed by atoms with Crippen LogP contribution in [0.25, 0.3) is 21.4 Å². The predicted octanol–water partition coefficient (Wildman–Crippen LogP) is 9.51. The first-order chi connectivity index (χ1) is 20.2. The van der Waals surface area contributed by atoms with E-state index in [2.05, 4.69) is 107 Å². The molecule has 0 saturated heterocycles. The zero-order valence-electron chi connectivity index (χ0n) is 23.5. The van der Waals surface area contributed by atoms with Crippen LogP contribution in [0.1, 0.15) is 43.4 Å². The molecule has 5 heteroatoms. The quantitative estimate of drug-likeness (QED) is 0.116. The van der Waals surface area contributed by atoms with E-state index in [4.69, 9.17) is 11.6 Å². The number of amidine groups is 1. The third-order valence-electron chi connectivity index (χ3n) is 7.06. The van der Waals surface area contributed by atoms with E-state index in [1.54, 1.807) is 0 Å². The Morgan fingerprint density at radius 3 is 2.41 bits per heavy atom. The molecule has 1 N–H and O–H groups in total. The fourth-order valence-electron chi connectivity index (χ4n) is 5.10. The topological polar surface area (TPSA) is 44.9 Å². The van der Waals surface area contributed by atoms with Gasteiger partial charge in [0.15, 0.2) is 5.10 Å². The van der Waals surface area contributed by atoms with Crippen LogP contribution in [0, 0.1) is 6.57 Å². The number of hydrogen-bond donors (Lipinski definition) is 1. The van der Waals surface area contributed by atoms with Crippen molar-refractivity contribution in [2.24, 2.45) is 5.10 Å². The molecular formula is C36H34N5+. The van der Waals surface area contributed by atoms with Gasteiger partial charge in [-0.3, -0.25) is 4.98 Å². The number of nitrogens with one attached hydrogen (secondary N) is 1. The van der Waals surface area contributed by atoms with Gasteiger partial charge in [-0.05, 0) is 54.8 Å². The van der Waals surface area contributed by atoms with E-state index >= 15 is 0 Å². The van der Waals surface area contributed by atoms with Gasteiger partial charge in [0, 0.05) is 40.6 Å². The molecule has 0 spiro atoms. The second-order valence-electron chi connectivity index (χ2n) is 9.77. The number of pyridine rings is 1. The van der Waals surface area contributed by atoms with Crippen LogP contribution < -0.4 is 10.2 Å². The van der Waals surface area contributed by atoms with E-state index in [-0.39, 0.29) is 0 Å². The molecule has 0 radical (unpaired) electrons. The Morgan fingerprint density at radius 1 is 0.902 bits per heavy atom. The maximum Gasteiger partial charge on any atom is 0.307 e. The standard InChI is InChI=1S/C36H34N5/c1-4-13-28(5-2)32-18-9-10-19-33(32)39-31-23-21-27(22-24-31)26-41(36(40-37-3)30-14-7-6-8-15-30)34-20-11-16-29-17-12-25-38-35(29)34/h3,5-12,14-25,39H,4,13,26H2,1-2H3/q+1/b28-5+,40-36-. The molecule has 0 aliphatic rings. The van der Waals surface area contributed by atoms with Crippen LogP contribution in [0.5, 0.6) is 0 Å². The van der Waals surface area contributed by atoms with Crippen LogP contribution >= 0.6 is 0 Å². The molecule has 0 bridgehead atoms. The van der Waals surface area contributed by atoms with Crippen molar-refractivity contribution in [2.45, 2.75) is 33.2 Å². The number of rotatable bonds is 9. The van der Waals surface area contributed by atoms with Crippen LogP contribution in [0.3, 0.4) is 0 Å². The lowest BCUT2D eigenvalue weighted by atomic mass is 9.99. The molecule has 1 aromatic heterocycles. The lowest BCUT2D eigenvalue weighted by Crippen LogP contribution is -2.31. The van der Waals surface area contributed by atoms with E-state index in [0.29, 0.717) is 12.4 Å². The molecular weight excluding hydrogens is 502 g/mol. The summed E-state index contributed by atoms with van der Waals surface area (Å²) in [5.41, 5.74) is 8.56. The van der Waals surface area contributed by atoms with Crippen molar-refractivity contribution in [3.63, 3.8) is 0 Å². The fraction of sp³-hybridized carbons (Fsp3) is 0.139. The second kappa shape index (κ2) is 13.2. The Labute approximate surface area is 242 Å². The Kier molecular flexibility index (Phi) is 8.83. The minimum atomic E-state index is 0.551. The number of fused-ring (bicyclic) bond motifs is 1. The van der Waals surface area contributed by atoms with Crippen molar-refractivity contribution < 1.29 is 0 Å². The van der Waals surface area contributed by atoms with Gasteiger partial charge >= 0.3 is 6.57 Å². The molecule has 5 rings (SSSR count). The predicted molar refractivity (Wildman–Crippen MR) is 174 cm³/mol. The molecule has 0 fully saturated rings. The first-order valence-electron chi connectivity index (χ1n) is 14.0. The summed E-state index contributed by atoms with van der Waals surface area (Å²) in [6, 6.07) is 37.2. The summed E-state index contributed by atoms with van der Waals surface area (Å²) in [5.74, 6) is 0.650. The highest BCUT2D eigenvalue weighted by Crippen LogP contribution is 2.31. The van der Waals surface area contributed by atoms with E-state index < -0.39 is 0 Å². The Bertz CT molecular complexity index is 1710. The minimum absolute atomic E-state index is 0.551. The Morgan fingerprint density at radius 2 is 1.66 bits per heavy atom. The smallest absolute Gasteiger partial charge is 0.307 e. The zero-order valence-corrected chi connectivity index (χ0v) is 23.5. The molecule has 0 aliphatic heterocycles. The molecule has 0 atom stereocenters. The summed E-state index contributed by atoms with van der Waals surface area (Å²) in [7, 11) is 0. The van der Waals surface area contributed by atoms with Gasteiger partial charge in [-0.2, -0.15) is 0 Å². The lowest BCUT2D eigenvalue weighted by Gasteiger charge is -2.25. The zero-order chi connectivity index (χ0) is 28.4. The van der Waals surface area contributed by atoms with Gasteiger partial charge < -0.3 is 10.2 Å². The summed E-state index contributed by atoms with van der Waals surface area (Å²) in [6.07, 6.45) is 6.18. The molecule has 1 heterocycles. The summed E-state index contributed by atoms with van der Waals surface area (Å²) in [6.45, 7) is 10.5. The Hall–Kier alpha value is -5.21. The monoisotopic (exact) mass is 536 g/mol. The highest BCUT2D eigenvalue weighted by molar-refractivity contribution is 6.13. The minimum Gasteiger partial charge on any atom is -0.355 e. The lowest BCUT2D eigenvalue weighted by molar-refractivity contribution is 0.972. The average Bonchev–Trinajstić information content (AvgIpc) is 3.03. The number of hydrogen-bond acceptors (Lipinski definition) is 3. The fourth-order valence-corrected chi connectivity index (χ4v) is 5.10. The van der Waals surface area contributed by atoms with Crippen LogP contribution in [0.4, 0.5) is 17.1 Å². The van der Waals surface area contributed by atoms with Gasteiger partial charge in [0.1, 0.15) is 4.95 Å². The first kappa shape index (κ1) is 27.4. The van der Waals surface area contributed by atoms with Gasteiger partial charge in [0.25, 0.3) is 0 Å². The molecule has 202 valence electrons. The molecule has 5 nitrogen and oxygen atoms in total. The molecule has 0 aliphatic carbocycles. The SMILES string of the molecule is C#[N+]/N=C(/c1ccccc1)N(Cc1ccc(Nc2ccccc2/C(=C/C)CCC)cc1)c1cccc2cccnc12. The highest BCUT2D eigenvalue weighted by Gasteiger charge is 2.22. The van der Waals surface area contributed by atoms with Gasteiger partial charge in [-0.15, -0.1) is 0 Å². The largest absolute Gasteiger partial charge is 0.355 e. The van der Waals surface area contributed by atoms with Crippen molar-refractivity contribution in [1.29, 1.82) is 0 Å². The normalized spacial score (nSPS) is 11.7. The van der Waals surface area contributed by atoms with Crippen LogP contribution in [0.2, 0.25) is 0 Å². The number of nitrogens with zero attached hydrogens (tertiary/aromatic N) is 4. The van der Waals surface area contributed by atoms with E-state index in [1.165, 1.54) is 11.1 Å². The van der Waals surface area contributed by atoms with Crippen molar-refractivity contribution >= 4 is 39.4 Å².